The monoisotopic (exact) mass is 308 g/mol. The van der Waals surface area contributed by atoms with Gasteiger partial charge in [0.1, 0.15) is 10.8 Å². The van der Waals surface area contributed by atoms with Crippen molar-refractivity contribution in [3.05, 3.63) is 35.1 Å². The number of thiocarbonyl (C=S) groups is 1. The van der Waals surface area contributed by atoms with Crippen molar-refractivity contribution in [1.82, 2.24) is 4.90 Å². The SMILES string of the molecule is CC(C)(C)C1CCN(Cc2ccc(C(N)=S)cc2F)CC1. The molecule has 2 rings (SSSR count). The van der Waals surface area contributed by atoms with Gasteiger partial charge < -0.3 is 5.73 Å². The van der Waals surface area contributed by atoms with Crippen LogP contribution < -0.4 is 5.73 Å². The molecule has 0 spiro atoms. The lowest BCUT2D eigenvalue weighted by Crippen LogP contribution is -2.37. The van der Waals surface area contributed by atoms with Crippen molar-refractivity contribution >= 4 is 17.2 Å². The number of hydrogen-bond donors (Lipinski definition) is 1. The largest absolute Gasteiger partial charge is 0.389 e. The third-order valence-electron chi connectivity index (χ3n) is 4.54. The molecule has 116 valence electrons. The van der Waals surface area contributed by atoms with Gasteiger partial charge in [-0.1, -0.05) is 45.1 Å². The molecule has 1 heterocycles. The first-order valence-electron chi connectivity index (χ1n) is 7.58. The Bertz CT molecular complexity index is 514. The fourth-order valence-electron chi connectivity index (χ4n) is 3.03. The molecule has 0 aliphatic carbocycles. The van der Waals surface area contributed by atoms with Gasteiger partial charge in [-0.3, -0.25) is 4.90 Å². The van der Waals surface area contributed by atoms with E-state index in [2.05, 4.69) is 25.7 Å². The van der Waals surface area contributed by atoms with Crippen molar-refractivity contribution in [1.29, 1.82) is 0 Å². The highest BCUT2D eigenvalue weighted by atomic mass is 32.1. The van der Waals surface area contributed by atoms with Crippen LogP contribution in [0.3, 0.4) is 0 Å². The lowest BCUT2D eigenvalue weighted by Gasteiger charge is -2.38. The van der Waals surface area contributed by atoms with E-state index in [1.807, 2.05) is 6.07 Å². The summed E-state index contributed by atoms with van der Waals surface area (Å²) in [4.78, 5) is 2.58. The molecule has 2 nitrogen and oxygen atoms in total. The molecule has 1 aromatic rings. The molecule has 0 amide bonds. The number of hydrogen-bond acceptors (Lipinski definition) is 2. The Morgan fingerprint density at radius 1 is 1.33 bits per heavy atom. The van der Waals surface area contributed by atoms with Gasteiger partial charge in [-0.15, -0.1) is 0 Å². The first kappa shape index (κ1) is 16.4. The molecule has 1 aromatic carbocycles. The third-order valence-corrected chi connectivity index (χ3v) is 4.78. The molecular weight excluding hydrogens is 283 g/mol. The van der Waals surface area contributed by atoms with Crippen LogP contribution >= 0.6 is 12.2 Å². The lowest BCUT2D eigenvalue weighted by molar-refractivity contribution is 0.107. The van der Waals surface area contributed by atoms with Crippen LogP contribution in [-0.2, 0) is 6.54 Å². The molecule has 0 saturated carbocycles. The molecule has 1 saturated heterocycles. The van der Waals surface area contributed by atoms with Crippen molar-refractivity contribution in [2.45, 2.75) is 40.2 Å². The van der Waals surface area contributed by atoms with Gasteiger partial charge in [-0.2, -0.15) is 0 Å². The predicted molar refractivity (Wildman–Crippen MR) is 89.7 cm³/mol. The molecule has 1 fully saturated rings. The number of rotatable bonds is 3. The van der Waals surface area contributed by atoms with Crippen molar-refractivity contribution in [2.75, 3.05) is 13.1 Å². The van der Waals surface area contributed by atoms with Crippen LogP contribution in [0.15, 0.2) is 18.2 Å². The maximum absolute atomic E-state index is 14.1. The molecule has 1 aliphatic rings. The Morgan fingerprint density at radius 3 is 2.43 bits per heavy atom. The van der Waals surface area contributed by atoms with Crippen LogP contribution in [0.25, 0.3) is 0 Å². The molecule has 21 heavy (non-hydrogen) atoms. The molecular formula is C17H25FN2S. The first-order valence-corrected chi connectivity index (χ1v) is 7.99. The van der Waals surface area contributed by atoms with Crippen molar-refractivity contribution in [3.8, 4) is 0 Å². The van der Waals surface area contributed by atoms with Gasteiger partial charge in [0.05, 0.1) is 0 Å². The highest BCUT2D eigenvalue weighted by molar-refractivity contribution is 7.80. The van der Waals surface area contributed by atoms with E-state index in [0.29, 0.717) is 17.5 Å². The molecule has 0 aromatic heterocycles. The summed E-state index contributed by atoms with van der Waals surface area (Å²) in [6.07, 6.45) is 2.38. The Morgan fingerprint density at radius 2 is 1.95 bits per heavy atom. The van der Waals surface area contributed by atoms with Gasteiger partial charge in [-0.25, -0.2) is 4.39 Å². The minimum atomic E-state index is -0.210. The highest BCUT2D eigenvalue weighted by Gasteiger charge is 2.28. The van der Waals surface area contributed by atoms with Gasteiger partial charge >= 0.3 is 0 Å². The number of likely N-dealkylation sites (tertiary alicyclic amines) is 1. The van der Waals surface area contributed by atoms with Crippen LogP contribution in [-0.4, -0.2) is 23.0 Å². The van der Waals surface area contributed by atoms with E-state index in [-0.39, 0.29) is 10.8 Å². The Hall–Kier alpha value is -1.00. The average Bonchev–Trinajstić information content (AvgIpc) is 2.40. The second-order valence-corrected chi connectivity index (χ2v) is 7.53. The number of piperidine rings is 1. The smallest absolute Gasteiger partial charge is 0.128 e. The quantitative estimate of drug-likeness (QED) is 0.863. The summed E-state index contributed by atoms with van der Waals surface area (Å²) in [6.45, 7) is 9.67. The van der Waals surface area contributed by atoms with Crippen molar-refractivity contribution in [3.63, 3.8) is 0 Å². The summed E-state index contributed by atoms with van der Waals surface area (Å²) in [5, 5.41) is 0. The van der Waals surface area contributed by atoms with Crippen LogP contribution in [0.2, 0.25) is 0 Å². The number of halogens is 1. The highest BCUT2D eigenvalue weighted by Crippen LogP contribution is 2.34. The van der Waals surface area contributed by atoms with Gasteiger partial charge in [0.2, 0.25) is 0 Å². The van der Waals surface area contributed by atoms with Gasteiger partial charge in [0, 0.05) is 17.7 Å². The molecule has 0 radical (unpaired) electrons. The summed E-state index contributed by atoms with van der Waals surface area (Å²) in [7, 11) is 0. The summed E-state index contributed by atoms with van der Waals surface area (Å²) >= 11 is 4.87. The molecule has 0 unspecified atom stereocenters. The minimum Gasteiger partial charge on any atom is -0.389 e. The summed E-state index contributed by atoms with van der Waals surface area (Å²) in [5.41, 5.74) is 7.22. The van der Waals surface area contributed by atoms with Crippen LogP contribution in [0.5, 0.6) is 0 Å². The van der Waals surface area contributed by atoms with E-state index < -0.39 is 0 Å². The van der Waals surface area contributed by atoms with Crippen molar-refractivity contribution in [2.24, 2.45) is 17.1 Å². The van der Waals surface area contributed by atoms with Gasteiger partial charge in [0.15, 0.2) is 0 Å². The fourth-order valence-corrected chi connectivity index (χ4v) is 3.15. The zero-order valence-electron chi connectivity index (χ0n) is 13.2. The fraction of sp³-hybridized carbons (Fsp3) is 0.588. The van der Waals surface area contributed by atoms with E-state index in [1.165, 1.54) is 18.9 Å². The Labute approximate surface area is 132 Å². The molecule has 1 aliphatic heterocycles. The standard InChI is InChI=1S/C17H25FN2S/c1-17(2,3)14-6-8-20(9-7-14)11-13-5-4-12(16(19)21)10-15(13)18/h4-5,10,14H,6-9,11H2,1-3H3,(H2,19,21). The second-order valence-electron chi connectivity index (χ2n) is 7.09. The zero-order valence-corrected chi connectivity index (χ0v) is 14.0. The van der Waals surface area contributed by atoms with E-state index in [0.717, 1.165) is 24.6 Å². The Kier molecular flexibility index (Phi) is 4.99. The molecule has 0 bridgehead atoms. The first-order chi connectivity index (χ1) is 9.77. The van der Waals surface area contributed by atoms with E-state index >= 15 is 0 Å². The van der Waals surface area contributed by atoms with Crippen LogP contribution in [0.1, 0.15) is 44.7 Å². The Balaban J connectivity index is 1.96. The van der Waals surface area contributed by atoms with Crippen molar-refractivity contribution < 1.29 is 4.39 Å². The minimum absolute atomic E-state index is 0.210. The van der Waals surface area contributed by atoms with E-state index in [9.17, 15) is 4.39 Å². The normalized spacial score (nSPS) is 17.9. The summed E-state index contributed by atoms with van der Waals surface area (Å²) in [5.74, 6) is 0.550. The third kappa shape index (κ3) is 4.24. The number of nitrogens with zero attached hydrogens (tertiary/aromatic N) is 1. The molecule has 4 heteroatoms. The molecule has 0 atom stereocenters. The van der Waals surface area contributed by atoms with E-state index in [1.54, 1.807) is 6.07 Å². The van der Waals surface area contributed by atoms with Gasteiger partial charge in [-0.05, 0) is 43.3 Å². The lowest BCUT2D eigenvalue weighted by atomic mass is 9.75. The predicted octanol–water partition coefficient (Wildman–Crippen LogP) is 3.72. The number of nitrogens with two attached hydrogens (primary N) is 1. The van der Waals surface area contributed by atoms with E-state index in [4.69, 9.17) is 18.0 Å². The molecule has 2 N–H and O–H groups in total. The van der Waals surface area contributed by atoms with Crippen LogP contribution in [0, 0.1) is 17.2 Å². The maximum Gasteiger partial charge on any atom is 0.128 e. The second kappa shape index (κ2) is 6.41. The maximum atomic E-state index is 14.1. The number of benzene rings is 1. The summed E-state index contributed by atoms with van der Waals surface area (Å²) in [6, 6.07) is 5.06. The zero-order chi connectivity index (χ0) is 15.6. The van der Waals surface area contributed by atoms with Gasteiger partial charge in [0.25, 0.3) is 0 Å². The topological polar surface area (TPSA) is 29.3 Å². The summed E-state index contributed by atoms with van der Waals surface area (Å²) < 4.78 is 14.1. The van der Waals surface area contributed by atoms with Crippen LogP contribution in [0.4, 0.5) is 4.39 Å². The average molecular weight is 308 g/mol.